The molecular formula is C9H15N3O3S. The van der Waals surface area contributed by atoms with Gasteiger partial charge in [-0.3, -0.25) is 0 Å². The van der Waals surface area contributed by atoms with Gasteiger partial charge in [0.2, 0.25) is 0 Å². The molecule has 90 valence electrons. The lowest BCUT2D eigenvalue weighted by atomic mass is 10.5. The van der Waals surface area contributed by atoms with E-state index in [0.29, 0.717) is 6.54 Å². The second-order valence-corrected chi connectivity index (χ2v) is 4.45. The minimum absolute atomic E-state index is 0.348. The third-order valence-electron chi connectivity index (χ3n) is 2.34. The molecule has 16 heavy (non-hydrogen) atoms. The molecule has 7 heteroatoms. The van der Waals surface area contributed by atoms with E-state index in [1.807, 2.05) is 6.26 Å². The molecule has 0 aliphatic heterocycles. The van der Waals surface area contributed by atoms with Crippen LogP contribution < -0.4 is 17.1 Å². The highest BCUT2D eigenvalue weighted by atomic mass is 32.2. The second-order valence-electron chi connectivity index (χ2n) is 3.46. The zero-order valence-electron chi connectivity index (χ0n) is 9.60. The van der Waals surface area contributed by atoms with Gasteiger partial charge in [-0.15, -0.1) is 0 Å². The lowest BCUT2D eigenvalue weighted by molar-refractivity contribution is 0.500. The lowest BCUT2D eigenvalue weighted by Gasteiger charge is -2.07. The summed E-state index contributed by atoms with van der Waals surface area (Å²) in [5, 5.41) is 0. The van der Waals surface area contributed by atoms with Crippen molar-refractivity contribution in [2.75, 3.05) is 12.0 Å². The molecule has 6 nitrogen and oxygen atoms in total. The fourth-order valence-corrected chi connectivity index (χ4v) is 1.81. The van der Waals surface area contributed by atoms with Gasteiger partial charge < -0.3 is 0 Å². The maximum Gasteiger partial charge on any atom is 0.336 e. The summed E-state index contributed by atoms with van der Waals surface area (Å²) < 4.78 is 2.98. The molecule has 0 N–H and O–H groups in total. The van der Waals surface area contributed by atoms with Crippen LogP contribution in [0.1, 0.15) is 6.42 Å². The van der Waals surface area contributed by atoms with Gasteiger partial charge >= 0.3 is 17.1 Å². The molecule has 0 aliphatic rings. The zero-order valence-corrected chi connectivity index (χ0v) is 10.4. The zero-order chi connectivity index (χ0) is 12.3. The van der Waals surface area contributed by atoms with E-state index in [1.54, 1.807) is 11.8 Å². The van der Waals surface area contributed by atoms with E-state index in [9.17, 15) is 14.4 Å². The van der Waals surface area contributed by atoms with Gasteiger partial charge in [0.25, 0.3) is 0 Å². The van der Waals surface area contributed by atoms with Gasteiger partial charge in [-0.1, -0.05) is 0 Å². The Morgan fingerprint density at radius 1 is 1.00 bits per heavy atom. The molecule has 0 saturated heterocycles. The molecule has 1 rings (SSSR count). The molecule has 0 fully saturated rings. The van der Waals surface area contributed by atoms with Gasteiger partial charge in [-0.05, 0) is 18.4 Å². The van der Waals surface area contributed by atoms with Gasteiger partial charge in [0.05, 0.1) is 0 Å². The topological polar surface area (TPSA) is 66.0 Å². The number of nitrogens with zero attached hydrogens (tertiary/aromatic N) is 3. The maximum atomic E-state index is 11.7. The molecule has 0 saturated carbocycles. The minimum Gasteiger partial charge on any atom is -0.248 e. The van der Waals surface area contributed by atoms with Crippen molar-refractivity contribution in [2.24, 2.45) is 14.1 Å². The summed E-state index contributed by atoms with van der Waals surface area (Å²) in [7, 11) is 2.74. The summed E-state index contributed by atoms with van der Waals surface area (Å²) in [5.41, 5.74) is -1.68. The molecule has 0 radical (unpaired) electrons. The highest BCUT2D eigenvalue weighted by Gasteiger charge is 2.09. The fraction of sp³-hybridized carbons (Fsp3) is 0.667. The normalized spacial score (nSPS) is 10.7. The third kappa shape index (κ3) is 2.29. The summed E-state index contributed by atoms with van der Waals surface area (Å²) in [4.78, 5) is 34.7. The summed E-state index contributed by atoms with van der Waals surface area (Å²) >= 11 is 1.65. The number of aromatic nitrogens is 3. The SMILES string of the molecule is CSCCCn1c(=O)n(C)c(=O)n(C)c1=O. The Labute approximate surface area is 96.5 Å². The molecule has 0 unspecified atom stereocenters. The van der Waals surface area contributed by atoms with Crippen molar-refractivity contribution in [1.82, 2.24) is 13.7 Å². The van der Waals surface area contributed by atoms with Crippen molar-refractivity contribution < 1.29 is 0 Å². The Morgan fingerprint density at radius 3 is 1.94 bits per heavy atom. The number of thioether (sulfide) groups is 1. The fourth-order valence-electron chi connectivity index (χ4n) is 1.39. The first-order valence-electron chi connectivity index (χ1n) is 4.86. The third-order valence-corrected chi connectivity index (χ3v) is 3.04. The van der Waals surface area contributed by atoms with E-state index < -0.39 is 17.1 Å². The van der Waals surface area contributed by atoms with Gasteiger partial charge in [0.1, 0.15) is 0 Å². The highest BCUT2D eigenvalue weighted by molar-refractivity contribution is 7.98. The van der Waals surface area contributed by atoms with Gasteiger partial charge in [-0.2, -0.15) is 11.8 Å². The van der Waals surface area contributed by atoms with Crippen LogP contribution in [-0.4, -0.2) is 25.7 Å². The Balaban J connectivity index is 3.25. The van der Waals surface area contributed by atoms with Crippen molar-refractivity contribution in [3.8, 4) is 0 Å². The van der Waals surface area contributed by atoms with E-state index in [1.165, 1.54) is 14.1 Å². The average Bonchev–Trinajstić information content (AvgIpc) is 2.28. The molecule has 1 heterocycles. The molecule has 1 aromatic rings. The first-order valence-corrected chi connectivity index (χ1v) is 6.26. The monoisotopic (exact) mass is 245 g/mol. The van der Waals surface area contributed by atoms with E-state index in [2.05, 4.69) is 0 Å². The molecule has 0 aromatic carbocycles. The van der Waals surface area contributed by atoms with Crippen LogP contribution >= 0.6 is 11.8 Å². The van der Waals surface area contributed by atoms with Crippen LogP contribution in [0.2, 0.25) is 0 Å². The molecule has 1 aromatic heterocycles. The lowest BCUT2D eigenvalue weighted by Crippen LogP contribution is -2.52. The first-order chi connectivity index (χ1) is 7.50. The van der Waals surface area contributed by atoms with Crippen LogP contribution in [0.15, 0.2) is 14.4 Å². The Morgan fingerprint density at radius 2 is 1.50 bits per heavy atom. The second kappa shape index (κ2) is 5.20. The Bertz CT molecular complexity index is 500. The van der Waals surface area contributed by atoms with Crippen molar-refractivity contribution in [2.45, 2.75) is 13.0 Å². The molecule has 0 amide bonds. The summed E-state index contributed by atoms with van der Waals surface area (Å²) in [6, 6.07) is 0. The van der Waals surface area contributed by atoms with Crippen molar-refractivity contribution in [1.29, 1.82) is 0 Å². The van der Waals surface area contributed by atoms with Gasteiger partial charge in [0, 0.05) is 20.6 Å². The molecule has 0 bridgehead atoms. The van der Waals surface area contributed by atoms with E-state index in [-0.39, 0.29) is 0 Å². The van der Waals surface area contributed by atoms with Crippen LogP contribution in [-0.2, 0) is 20.6 Å². The molecular weight excluding hydrogens is 230 g/mol. The van der Waals surface area contributed by atoms with Crippen molar-refractivity contribution >= 4 is 11.8 Å². The average molecular weight is 245 g/mol. The summed E-state index contributed by atoms with van der Waals surface area (Å²) in [5.74, 6) is 0.873. The predicted octanol–water partition coefficient (Wildman–Crippen LogP) is -1.00. The molecule has 0 aliphatic carbocycles. The summed E-state index contributed by atoms with van der Waals surface area (Å²) in [6.07, 6.45) is 2.69. The van der Waals surface area contributed by atoms with E-state index in [4.69, 9.17) is 0 Å². The van der Waals surface area contributed by atoms with Crippen LogP contribution in [0.5, 0.6) is 0 Å². The molecule has 0 atom stereocenters. The van der Waals surface area contributed by atoms with Crippen molar-refractivity contribution in [3.63, 3.8) is 0 Å². The van der Waals surface area contributed by atoms with Gasteiger partial charge in [-0.25, -0.2) is 28.1 Å². The van der Waals surface area contributed by atoms with E-state index in [0.717, 1.165) is 25.9 Å². The molecule has 0 spiro atoms. The first kappa shape index (κ1) is 12.8. The summed E-state index contributed by atoms with van der Waals surface area (Å²) in [6.45, 7) is 0.348. The Hall–Kier alpha value is -1.24. The highest BCUT2D eigenvalue weighted by Crippen LogP contribution is 1.95. The van der Waals surface area contributed by atoms with Gasteiger partial charge in [0.15, 0.2) is 0 Å². The predicted molar refractivity (Wildman–Crippen MR) is 64.2 cm³/mol. The van der Waals surface area contributed by atoms with Crippen LogP contribution in [0, 0.1) is 0 Å². The number of hydrogen-bond donors (Lipinski definition) is 0. The van der Waals surface area contributed by atoms with E-state index >= 15 is 0 Å². The quantitative estimate of drug-likeness (QED) is 0.638. The van der Waals surface area contributed by atoms with Crippen LogP contribution in [0.25, 0.3) is 0 Å². The Kier molecular flexibility index (Phi) is 4.17. The number of hydrogen-bond acceptors (Lipinski definition) is 4. The minimum atomic E-state index is -0.587. The number of rotatable bonds is 4. The van der Waals surface area contributed by atoms with Crippen molar-refractivity contribution in [3.05, 3.63) is 31.5 Å². The van der Waals surface area contributed by atoms with Crippen LogP contribution in [0.3, 0.4) is 0 Å². The maximum absolute atomic E-state index is 11.7. The smallest absolute Gasteiger partial charge is 0.248 e. The standard InChI is InChI=1S/C9H15N3O3S/c1-10-7(13)11(2)9(15)12(8(10)14)5-4-6-16-3/h4-6H2,1-3H3. The van der Waals surface area contributed by atoms with Crippen LogP contribution in [0.4, 0.5) is 0 Å². The largest absolute Gasteiger partial charge is 0.336 e.